The van der Waals surface area contributed by atoms with E-state index >= 15 is 8.78 Å². The third-order valence-electron chi connectivity index (χ3n) is 10.6. The number of ether oxygens (including phenoxy) is 3. The molecule has 10 atom stereocenters. The molecule has 0 spiro atoms. The Bertz CT molecular complexity index is 1190. The monoisotopic (exact) mass is 566 g/mol. The molecule has 214 valence electrons. The van der Waals surface area contributed by atoms with E-state index in [0.717, 1.165) is 0 Å². The number of ketones is 2. The second kappa shape index (κ2) is 8.69. The first kappa shape index (κ1) is 27.5. The molecule has 1 N–H and O–H groups in total. The van der Waals surface area contributed by atoms with Gasteiger partial charge in [0, 0.05) is 22.5 Å². The van der Waals surface area contributed by atoms with Gasteiger partial charge in [-0.1, -0.05) is 13.0 Å². The summed E-state index contributed by atoms with van der Waals surface area (Å²) >= 11 is 1.34. The Kier molecular flexibility index (Phi) is 6.14. The molecule has 39 heavy (non-hydrogen) atoms. The van der Waals surface area contributed by atoms with Crippen molar-refractivity contribution < 1.29 is 42.5 Å². The highest BCUT2D eigenvalue weighted by molar-refractivity contribution is 8.00. The largest absolute Gasteiger partial charge is 0.465 e. The zero-order chi connectivity index (χ0) is 28.2. The summed E-state index contributed by atoms with van der Waals surface area (Å²) in [6, 6.07) is 0. The molecule has 0 aromatic carbocycles. The van der Waals surface area contributed by atoms with Crippen LogP contribution >= 0.6 is 11.8 Å². The number of fused-ring (bicyclic) bond motifs is 7. The second-order valence-corrected chi connectivity index (χ2v) is 14.1. The van der Waals surface area contributed by atoms with Crippen molar-refractivity contribution in [1.29, 1.82) is 0 Å². The van der Waals surface area contributed by atoms with Crippen molar-refractivity contribution in [2.75, 3.05) is 18.1 Å². The number of carbonyl (C=O) groups excluding carboxylic acids is 3. The van der Waals surface area contributed by atoms with Crippen LogP contribution in [-0.4, -0.2) is 76.2 Å². The number of cyclic esters (lactones) is 1. The maximum absolute atomic E-state index is 17.5. The van der Waals surface area contributed by atoms with Crippen LogP contribution in [-0.2, 0) is 28.6 Å². The van der Waals surface area contributed by atoms with Crippen molar-refractivity contribution in [2.45, 2.75) is 88.8 Å². The highest BCUT2D eigenvalue weighted by atomic mass is 32.2. The first-order chi connectivity index (χ1) is 18.2. The standard InChI is InChI=1S/C29H36F2O7S/c1-25(2)37-23-11-17-18-10-20(30)19-9-16(32)5-7-26(19,3)28(18,31)21(33)12-27(17,4)29(23,38-25)22(34)14-39-13-15-6-8-36-24(15)35/h5,7,9,15,17-18,20-21,23,33H,6,8,10-14H2,1-4H3/t15?,17-,18-,20-,21-,23+,26-,27-,28-,29+/m0/s1. The molecule has 1 unspecified atom stereocenters. The minimum Gasteiger partial charge on any atom is -0.465 e. The van der Waals surface area contributed by atoms with Gasteiger partial charge in [-0.05, 0) is 70.1 Å². The summed E-state index contributed by atoms with van der Waals surface area (Å²) in [5, 5.41) is 11.6. The summed E-state index contributed by atoms with van der Waals surface area (Å²) in [5.41, 5.74) is -6.14. The molecule has 7 nitrogen and oxygen atoms in total. The number of halogens is 2. The van der Waals surface area contributed by atoms with Crippen molar-refractivity contribution in [3.05, 3.63) is 23.8 Å². The Morgan fingerprint density at radius 1 is 1.18 bits per heavy atom. The summed E-state index contributed by atoms with van der Waals surface area (Å²) in [5.74, 6) is -3.13. The topological polar surface area (TPSA) is 99.1 Å². The smallest absolute Gasteiger partial charge is 0.309 e. The van der Waals surface area contributed by atoms with Gasteiger partial charge in [0.2, 0.25) is 0 Å². The predicted octanol–water partition coefficient (Wildman–Crippen LogP) is 3.67. The van der Waals surface area contributed by atoms with Gasteiger partial charge in [-0.3, -0.25) is 14.4 Å². The van der Waals surface area contributed by atoms with Crippen LogP contribution in [0.4, 0.5) is 8.78 Å². The zero-order valence-corrected chi connectivity index (χ0v) is 23.5. The summed E-state index contributed by atoms with van der Waals surface area (Å²) in [4.78, 5) is 38.1. The van der Waals surface area contributed by atoms with Gasteiger partial charge >= 0.3 is 5.97 Å². The van der Waals surface area contributed by atoms with Crippen LogP contribution < -0.4 is 0 Å². The molecule has 10 heteroatoms. The third kappa shape index (κ3) is 3.53. The first-order valence-electron chi connectivity index (χ1n) is 13.8. The maximum atomic E-state index is 17.5. The lowest BCUT2D eigenvalue weighted by Gasteiger charge is -2.63. The molecule has 2 heterocycles. The number of alkyl halides is 2. The van der Waals surface area contributed by atoms with Gasteiger partial charge in [0.05, 0.1) is 30.5 Å². The molecule has 2 saturated heterocycles. The average Bonchev–Trinajstić information content (AvgIpc) is 3.46. The third-order valence-corrected chi connectivity index (χ3v) is 11.7. The number of hydrogen-bond donors (Lipinski definition) is 1. The number of esters is 1. The quantitative estimate of drug-likeness (QED) is 0.504. The van der Waals surface area contributed by atoms with E-state index in [1.165, 1.54) is 30.0 Å². The van der Waals surface area contributed by atoms with Gasteiger partial charge in [-0.15, -0.1) is 0 Å². The van der Waals surface area contributed by atoms with Gasteiger partial charge in [-0.2, -0.15) is 11.8 Å². The molecule has 0 radical (unpaired) electrons. The summed E-state index contributed by atoms with van der Waals surface area (Å²) in [6.45, 7) is 7.26. The van der Waals surface area contributed by atoms with E-state index in [2.05, 4.69) is 0 Å². The summed E-state index contributed by atoms with van der Waals surface area (Å²) in [6.07, 6.45) is 0.691. The van der Waals surface area contributed by atoms with E-state index in [4.69, 9.17) is 14.2 Å². The van der Waals surface area contributed by atoms with E-state index in [1.54, 1.807) is 20.8 Å². The number of carbonyl (C=O) groups is 3. The van der Waals surface area contributed by atoms with Gasteiger partial charge < -0.3 is 19.3 Å². The number of Topliss-reactive ketones (excluding diaryl/α,β-unsaturated/α-hetero) is 1. The molecule has 0 amide bonds. The summed E-state index contributed by atoms with van der Waals surface area (Å²) < 4.78 is 51.0. The van der Waals surface area contributed by atoms with Crippen molar-refractivity contribution >= 4 is 29.3 Å². The van der Waals surface area contributed by atoms with Crippen LogP contribution in [0.2, 0.25) is 0 Å². The van der Waals surface area contributed by atoms with Crippen molar-refractivity contribution in [3.63, 3.8) is 0 Å². The average molecular weight is 567 g/mol. The number of aliphatic hydroxyl groups excluding tert-OH is 1. The minimum absolute atomic E-state index is 0.0603. The highest BCUT2D eigenvalue weighted by Crippen LogP contribution is 2.72. The number of thioether (sulfide) groups is 1. The lowest BCUT2D eigenvalue weighted by molar-refractivity contribution is -0.247. The van der Waals surface area contributed by atoms with Crippen molar-refractivity contribution in [1.82, 2.24) is 0 Å². The lowest BCUT2D eigenvalue weighted by atomic mass is 9.44. The molecule has 6 rings (SSSR count). The minimum atomic E-state index is -2.24. The van der Waals surface area contributed by atoms with Crippen LogP contribution in [0.3, 0.4) is 0 Å². The molecule has 2 aliphatic heterocycles. The number of hydrogen-bond acceptors (Lipinski definition) is 8. The van der Waals surface area contributed by atoms with Gasteiger partial charge in [0.15, 0.2) is 28.6 Å². The molecule has 3 saturated carbocycles. The Hall–Kier alpha value is -1.62. The molecular formula is C29H36F2O7S. The Morgan fingerprint density at radius 3 is 2.62 bits per heavy atom. The second-order valence-electron chi connectivity index (χ2n) is 13.0. The molecule has 0 aromatic heterocycles. The molecular weight excluding hydrogens is 530 g/mol. The van der Waals surface area contributed by atoms with Crippen LogP contribution in [0.1, 0.15) is 53.4 Å². The summed E-state index contributed by atoms with van der Waals surface area (Å²) in [7, 11) is 0. The fraction of sp³-hybridized carbons (Fsp3) is 0.759. The predicted molar refractivity (Wildman–Crippen MR) is 138 cm³/mol. The van der Waals surface area contributed by atoms with Crippen molar-refractivity contribution in [2.24, 2.45) is 28.6 Å². The Labute approximate surface area is 231 Å². The van der Waals surface area contributed by atoms with E-state index < -0.39 is 63.9 Å². The number of allylic oxidation sites excluding steroid dienone is 4. The Morgan fingerprint density at radius 2 is 1.92 bits per heavy atom. The van der Waals surface area contributed by atoms with Crippen LogP contribution in [0.15, 0.2) is 23.8 Å². The fourth-order valence-electron chi connectivity index (χ4n) is 8.89. The fourth-order valence-corrected chi connectivity index (χ4v) is 10.00. The van der Waals surface area contributed by atoms with Gasteiger partial charge in [0.1, 0.15) is 6.17 Å². The van der Waals surface area contributed by atoms with Crippen LogP contribution in [0.5, 0.6) is 0 Å². The van der Waals surface area contributed by atoms with Gasteiger partial charge in [-0.25, -0.2) is 8.78 Å². The molecule has 0 aromatic rings. The van der Waals surface area contributed by atoms with E-state index in [1.807, 2.05) is 6.92 Å². The molecule has 5 fully saturated rings. The normalized spacial score (nSPS) is 49.6. The van der Waals surface area contributed by atoms with Gasteiger partial charge in [0.25, 0.3) is 0 Å². The molecule has 4 aliphatic carbocycles. The SMILES string of the molecule is CC1(C)O[C@@H]2C[C@H]3[C@@H]4C[C@H](F)C5=CC(=O)C=C[C@]5(C)[C@@]4(F)[C@@H](O)C[C@]3(C)[C@]2(C(=O)CSCC2CCOC2=O)O1. The maximum Gasteiger partial charge on any atom is 0.309 e. The zero-order valence-electron chi connectivity index (χ0n) is 22.7. The van der Waals surface area contributed by atoms with Crippen LogP contribution in [0, 0.1) is 28.6 Å². The highest BCUT2D eigenvalue weighted by Gasteiger charge is 2.80. The van der Waals surface area contributed by atoms with E-state index in [9.17, 15) is 19.5 Å². The first-order valence-corrected chi connectivity index (χ1v) is 15.0. The van der Waals surface area contributed by atoms with E-state index in [0.29, 0.717) is 25.2 Å². The van der Waals surface area contributed by atoms with Crippen molar-refractivity contribution in [3.8, 4) is 0 Å². The number of aliphatic hydroxyl groups is 1. The van der Waals surface area contributed by atoms with E-state index in [-0.39, 0.29) is 41.8 Å². The molecule has 6 aliphatic rings. The Balaban J connectivity index is 1.36. The lowest BCUT2D eigenvalue weighted by Crippen LogP contribution is -2.71. The number of rotatable bonds is 5. The van der Waals surface area contributed by atoms with Crippen LogP contribution in [0.25, 0.3) is 0 Å². The molecule has 0 bridgehead atoms.